The van der Waals surface area contributed by atoms with Crippen molar-refractivity contribution in [1.29, 1.82) is 0 Å². The standard InChI is InChI=1S/C14H10BrCl3N2O/c15-9-6-8(16)4-5-12(9)19-7-13(21)20-14-10(17)2-1-3-11(14)18/h1-6,19H,7H2,(H,20,21). The van der Waals surface area contributed by atoms with Gasteiger partial charge in [-0.05, 0) is 46.3 Å². The number of carbonyl (C=O) groups excluding carboxylic acids is 1. The molecule has 21 heavy (non-hydrogen) atoms. The number of benzene rings is 2. The number of nitrogens with one attached hydrogen (secondary N) is 2. The molecule has 0 aromatic heterocycles. The molecule has 0 atom stereocenters. The highest BCUT2D eigenvalue weighted by Crippen LogP contribution is 2.30. The van der Waals surface area contributed by atoms with Crippen LogP contribution >= 0.6 is 50.7 Å². The molecule has 0 radical (unpaired) electrons. The Morgan fingerprint density at radius 2 is 1.76 bits per heavy atom. The minimum Gasteiger partial charge on any atom is -0.375 e. The lowest BCUT2D eigenvalue weighted by atomic mass is 10.3. The van der Waals surface area contributed by atoms with Gasteiger partial charge in [-0.3, -0.25) is 4.79 Å². The Morgan fingerprint density at radius 1 is 1.10 bits per heavy atom. The Hall–Kier alpha value is -0.940. The third-order valence-electron chi connectivity index (χ3n) is 2.60. The summed E-state index contributed by atoms with van der Waals surface area (Å²) in [6.07, 6.45) is 0. The van der Waals surface area contributed by atoms with Crippen molar-refractivity contribution >= 4 is 68.0 Å². The summed E-state index contributed by atoms with van der Waals surface area (Å²) in [7, 11) is 0. The van der Waals surface area contributed by atoms with Crippen molar-refractivity contribution in [2.45, 2.75) is 0 Å². The minimum atomic E-state index is -0.258. The summed E-state index contributed by atoms with van der Waals surface area (Å²) in [6.45, 7) is 0.0712. The highest BCUT2D eigenvalue weighted by molar-refractivity contribution is 9.10. The molecule has 0 aliphatic heterocycles. The molecule has 2 aromatic carbocycles. The fraction of sp³-hybridized carbons (Fsp3) is 0.0714. The Labute approximate surface area is 145 Å². The zero-order chi connectivity index (χ0) is 15.4. The topological polar surface area (TPSA) is 41.1 Å². The van der Waals surface area contributed by atoms with Crippen LogP contribution in [0.4, 0.5) is 11.4 Å². The molecule has 0 aliphatic rings. The predicted molar refractivity (Wildman–Crippen MR) is 92.7 cm³/mol. The number of anilines is 2. The zero-order valence-corrected chi connectivity index (χ0v) is 14.4. The van der Waals surface area contributed by atoms with E-state index in [1.54, 1.807) is 36.4 Å². The van der Waals surface area contributed by atoms with Gasteiger partial charge in [-0.25, -0.2) is 0 Å². The summed E-state index contributed by atoms with van der Waals surface area (Å²) in [6, 6.07) is 10.3. The van der Waals surface area contributed by atoms with Gasteiger partial charge in [-0.15, -0.1) is 0 Å². The third kappa shape index (κ3) is 4.51. The lowest BCUT2D eigenvalue weighted by molar-refractivity contribution is -0.114. The molecule has 7 heteroatoms. The smallest absolute Gasteiger partial charge is 0.243 e. The van der Waals surface area contributed by atoms with E-state index in [4.69, 9.17) is 34.8 Å². The molecule has 0 saturated carbocycles. The predicted octanol–water partition coefficient (Wildman–Crippen LogP) is 5.46. The van der Waals surface area contributed by atoms with Crippen LogP contribution in [-0.2, 0) is 4.79 Å². The van der Waals surface area contributed by atoms with Crippen molar-refractivity contribution < 1.29 is 4.79 Å². The van der Waals surface area contributed by atoms with Crippen LogP contribution in [0.5, 0.6) is 0 Å². The number of rotatable bonds is 4. The van der Waals surface area contributed by atoms with Crippen molar-refractivity contribution in [3.63, 3.8) is 0 Å². The van der Waals surface area contributed by atoms with E-state index >= 15 is 0 Å². The number of halogens is 4. The molecule has 3 nitrogen and oxygen atoms in total. The maximum Gasteiger partial charge on any atom is 0.243 e. The van der Waals surface area contributed by atoms with Crippen molar-refractivity contribution in [3.8, 4) is 0 Å². The van der Waals surface area contributed by atoms with Crippen molar-refractivity contribution in [2.24, 2.45) is 0 Å². The van der Waals surface area contributed by atoms with Crippen LogP contribution in [-0.4, -0.2) is 12.5 Å². The summed E-state index contributed by atoms with van der Waals surface area (Å²) >= 11 is 21.2. The summed E-state index contributed by atoms with van der Waals surface area (Å²) in [4.78, 5) is 11.9. The van der Waals surface area contributed by atoms with Gasteiger partial charge in [-0.2, -0.15) is 0 Å². The molecule has 2 aromatic rings. The van der Waals surface area contributed by atoms with Gasteiger partial charge in [0.2, 0.25) is 5.91 Å². The average Bonchev–Trinajstić information content (AvgIpc) is 2.42. The van der Waals surface area contributed by atoms with Crippen molar-refractivity contribution in [2.75, 3.05) is 17.2 Å². The molecule has 0 bridgehead atoms. The number of carbonyl (C=O) groups is 1. The number of hydrogen-bond donors (Lipinski definition) is 2. The Bertz CT molecular complexity index is 659. The highest BCUT2D eigenvalue weighted by atomic mass is 79.9. The van der Waals surface area contributed by atoms with Crippen molar-refractivity contribution in [3.05, 3.63) is 55.9 Å². The summed E-state index contributed by atoms with van der Waals surface area (Å²) in [5.74, 6) is -0.258. The van der Waals surface area contributed by atoms with Gasteiger partial charge in [0.25, 0.3) is 0 Å². The van der Waals surface area contributed by atoms with E-state index < -0.39 is 0 Å². The van der Waals surface area contributed by atoms with Crippen LogP contribution in [0, 0.1) is 0 Å². The van der Waals surface area contributed by atoms with Crippen LogP contribution in [0.15, 0.2) is 40.9 Å². The zero-order valence-electron chi connectivity index (χ0n) is 10.6. The molecular weight excluding hydrogens is 398 g/mol. The third-order valence-corrected chi connectivity index (χ3v) is 4.12. The van der Waals surface area contributed by atoms with Crippen LogP contribution < -0.4 is 10.6 Å². The lowest BCUT2D eigenvalue weighted by Crippen LogP contribution is -2.22. The molecule has 0 fully saturated rings. The van der Waals surface area contributed by atoms with Crippen LogP contribution in [0.25, 0.3) is 0 Å². The van der Waals surface area contributed by atoms with Gasteiger partial charge in [0.05, 0.1) is 22.3 Å². The van der Waals surface area contributed by atoms with Gasteiger partial charge in [-0.1, -0.05) is 40.9 Å². The monoisotopic (exact) mass is 406 g/mol. The molecule has 0 unspecified atom stereocenters. The van der Waals surface area contributed by atoms with E-state index in [0.717, 1.165) is 10.2 Å². The molecular formula is C14H10BrCl3N2O. The Balaban J connectivity index is 1.99. The second-order valence-electron chi connectivity index (χ2n) is 4.12. The summed E-state index contributed by atoms with van der Waals surface area (Å²) in [5, 5.41) is 7.06. The molecule has 0 aliphatic carbocycles. The largest absolute Gasteiger partial charge is 0.375 e. The molecule has 110 valence electrons. The van der Waals surface area contributed by atoms with E-state index in [9.17, 15) is 4.79 Å². The van der Waals surface area contributed by atoms with Gasteiger partial charge in [0.15, 0.2) is 0 Å². The summed E-state index contributed by atoms with van der Waals surface area (Å²) < 4.78 is 0.776. The second-order valence-corrected chi connectivity index (χ2v) is 6.23. The minimum absolute atomic E-state index is 0.0712. The van der Waals surface area contributed by atoms with E-state index in [1.165, 1.54) is 0 Å². The average molecular weight is 409 g/mol. The van der Waals surface area contributed by atoms with Crippen molar-refractivity contribution in [1.82, 2.24) is 0 Å². The first kappa shape index (κ1) is 16.4. The van der Waals surface area contributed by atoms with Crippen LogP contribution in [0.3, 0.4) is 0 Å². The van der Waals surface area contributed by atoms with Gasteiger partial charge in [0, 0.05) is 15.2 Å². The number of para-hydroxylation sites is 1. The number of hydrogen-bond acceptors (Lipinski definition) is 2. The maximum atomic E-state index is 11.9. The maximum absolute atomic E-state index is 11.9. The summed E-state index contributed by atoms with van der Waals surface area (Å²) in [5.41, 5.74) is 1.17. The SMILES string of the molecule is O=C(CNc1ccc(Cl)cc1Br)Nc1c(Cl)cccc1Cl. The highest BCUT2D eigenvalue weighted by Gasteiger charge is 2.10. The van der Waals surface area contributed by atoms with Gasteiger partial charge in [0.1, 0.15) is 0 Å². The fourth-order valence-corrected chi connectivity index (χ4v) is 2.92. The second kappa shape index (κ2) is 7.36. The Morgan fingerprint density at radius 3 is 2.38 bits per heavy atom. The van der Waals surface area contributed by atoms with Crippen LogP contribution in [0.1, 0.15) is 0 Å². The van der Waals surface area contributed by atoms with Gasteiger partial charge < -0.3 is 10.6 Å². The van der Waals surface area contributed by atoms with E-state index in [0.29, 0.717) is 20.8 Å². The van der Waals surface area contributed by atoms with Crippen LogP contribution in [0.2, 0.25) is 15.1 Å². The molecule has 2 N–H and O–H groups in total. The van der Waals surface area contributed by atoms with Gasteiger partial charge >= 0.3 is 0 Å². The first-order valence-electron chi connectivity index (χ1n) is 5.90. The molecule has 0 heterocycles. The first-order chi connectivity index (χ1) is 9.97. The van der Waals surface area contributed by atoms with E-state index in [2.05, 4.69) is 26.6 Å². The lowest BCUT2D eigenvalue weighted by Gasteiger charge is -2.11. The molecule has 2 rings (SSSR count). The fourth-order valence-electron chi connectivity index (χ4n) is 1.61. The number of amides is 1. The molecule has 1 amide bonds. The van der Waals surface area contributed by atoms with E-state index in [1.807, 2.05) is 0 Å². The first-order valence-corrected chi connectivity index (χ1v) is 7.83. The van der Waals surface area contributed by atoms with E-state index in [-0.39, 0.29) is 12.5 Å². The molecule has 0 spiro atoms. The Kier molecular flexibility index (Phi) is 5.76. The molecule has 0 saturated heterocycles. The quantitative estimate of drug-likeness (QED) is 0.705. The normalized spacial score (nSPS) is 10.3.